The fourth-order valence-electron chi connectivity index (χ4n) is 4.39. The first-order valence-corrected chi connectivity index (χ1v) is 14.0. The summed E-state index contributed by atoms with van der Waals surface area (Å²) in [7, 11) is 1.88. The Labute approximate surface area is 196 Å². The molecule has 0 spiro atoms. The first-order chi connectivity index (χ1) is 15.1. The van der Waals surface area contributed by atoms with Gasteiger partial charge in [-0.2, -0.15) is 0 Å². The Morgan fingerprint density at radius 1 is 0.548 bits per heavy atom. The van der Waals surface area contributed by atoms with E-state index >= 15 is 0 Å². The van der Waals surface area contributed by atoms with Crippen LogP contribution >= 0.6 is 0 Å². The van der Waals surface area contributed by atoms with Crippen molar-refractivity contribution < 1.29 is 4.79 Å². The Bertz CT molecular complexity index is 404. The van der Waals surface area contributed by atoms with Crippen molar-refractivity contribution in [2.24, 2.45) is 0 Å². The molecule has 0 unspecified atom stereocenters. The molecule has 184 valence electrons. The van der Waals surface area contributed by atoms with Gasteiger partial charge in [0.25, 0.3) is 0 Å². The van der Waals surface area contributed by atoms with Gasteiger partial charge in [-0.3, -0.25) is 4.79 Å². The number of hydrogen-bond acceptors (Lipinski definition) is 1. The lowest BCUT2D eigenvalue weighted by Crippen LogP contribution is -2.27. The number of amides is 1. The molecule has 0 aromatic carbocycles. The van der Waals surface area contributed by atoms with Crippen molar-refractivity contribution in [1.29, 1.82) is 0 Å². The minimum absolute atomic E-state index is 0.0866. The van der Waals surface area contributed by atoms with Crippen molar-refractivity contribution >= 4 is 5.91 Å². The van der Waals surface area contributed by atoms with Crippen LogP contribution < -0.4 is 0 Å². The van der Waals surface area contributed by atoms with Crippen LogP contribution in [0.25, 0.3) is 0 Å². The molecule has 0 heterocycles. The number of nitrogens with zero attached hydrogens (tertiary/aromatic N) is 1. The topological polar surface area (TPSA) is 20.3 Å². The molecule has 1 amide bonds. The highest BCUT2D eigenvalue weighted by Crippen LogP contribution is 2.15. The van der Waals surface area contributed by atoms with Crippen LogP contribution in [0, 0.1) is 0 Å². The zero-order valence-electron chi connectivity index (χ0n) is 21.8. The van der Waals surface area contributed by atoms with Gasteiger partial charge in [0.2, 0.25) is 5.91 Å². The number of carbonyl (C=O) groups is 1. The summed E-state index contributed by atoms with van der Waals surface area (Å²) in [5, 5.41) is 0. The number of carbonyl (C=O) groups excluding carboxylic acids is 1. The van der Waals surface area contributed by atoms with Gasteiger partial charge in [0.15, 0.2) is 0 Å². The predicted octanol–water partition coefficient (Wildman–Crippen LogP) is 9.62. The first kappa shape index (κ1) is 30.2. The van der Waals surface area contributed by atoms with Gasteiger partial charge in [-0.15, -0.1) is 0 Å². The van der Waals surface area contributed by atoms with E-state index in [0.29, 0.717) is 5.57 Å². The fourth-order valence-corrected chi connectivity index (χ4v) is 4.39. The maximum Gasteiger partial charge on any atom is 0.248 e. The molecule has 0 saturated heterocycles. The van der Waals surface area contributed by atoms with Crippen LogP contribution in [0.4, 0.5) is 0 Å². The number of likely N-dealkylation sites (N-methyl/N-ethyl adjacent to an activating group) is 1. The van der Waals surface area contributed by atoms with Crippen LogP contribution in [0.5, 0.6) is 0 Å². The highest BCUT2D eigenvalue weighted by molar-refractivity contribution is 5.91. The lowest BCUT2D eigenvalue weighted by Gasteiger charge is -2.16. The van der Waals surface area contributed by atoms with Crippen LogP contribution in [0.15, 0.2) is 12.2 Å². The van der Waals surface area contributed by atoms with Gasteiger partial charge in [0.05, 0.1) is 0 Å². The van der Waals surface area contributed by atoms with Crippen molar-refractivity contribution in [2.45, 2.75) is 155 Å². The first-order valence-electron chi connectivity index (χ1n) is 14.0. The zero-order chi connectivity index (χ0) is 23.0. The third-order valence-corrected chi connectivity index (χ3v) is 6.56. The second-order valence-corrected chi connectivity index (χ2v) is 9.93. The second-order valence-electron chi connectivity index (χ2n) is 9.93. The van der Waals surface area contributed by atoms with Gasteiger partial charge in [0, 0.05) is 19.2 Å². The summed E-state index contributed by atoms with van der Waals surface area (Å²) in [6.07, 6.45) is 31.0. The third-order valence-electron chi connectivity index (χ3n) is 6.56. The van der Waals surface area contributed by atoms with Crippen molar-refractivity contribution in [1.82, 2.24) is 4.90 Å². The maximum atomic E-state index is 11.7. The highest BCUT2D eigenvalue weighted by atomic mass is 16.2. The summed E-state index contributed by atoms with van der Waals surface area (Å²) < 4.78 is 0. The largest absolute Gasteiger partial charge is 0.342 e. The number of unbranched alkanes of at least 4 members (excludes halogenated alkanes) is 21. The molecule has 0 rings (SSSR count). The lowest BCUT2D eigenvalue weighted by atomic mass is 10.0. The Hall–Kier alpha value is -0.790. The van der Waals surface area contributed by atoms with Crippen molar-refractivity contribution in [3.8, 4) is 0 Å². The van der Waals surface area contributed by atoms with E-state index < -0.39 is 0 Å². The fraction of sp³-hybridized carbons (Fsp3) is 0.897. The molecule has 0 bridgehead atoms. The molecule has 0 atom stereocenters. The number of rotatable bonds is 24. The smallest absolute Gasteiger partial charge is 0.248 e. The number of hydrogen-bond donors (Lipinski definition) is 0. The highest BCUT2D eigenvalue weighted by Gasteiger charge is 2.07. The summed E-state index contributed by atoms with van der Waals surface area (Å²) in [6.45, 7) is 8.67. The lowest BCUT2D eigenvalue weighted by molar-refractivity contribution is -0.125. The monoisotopic (exact) mass is 435 g/mol. The van der Waals surface area contributed by atoms with Crippen molar-refractivity contribution in [2.75, 3.05) is 13.6 Å². The van der Waals surface area contributed by atoms with Crippen LogP contribution in [0.2, 0.25) is 0 Å². The normalized spacial score (nSPS) is 11.1. The summed E-state index contributed by atoms with van der Waals surface area (Å²) in [6, 6.07) is 0. The second kappa shape index (κ2) is 23.9. The minimum atomic E-state index is 0.0866. The van der Waals surface area contributed by atoms with E-state index in [1.54, 1.807) is 11.8 Å². The van der Waals surface area contributed by atoms with Gasteiger partial charge in [-0.1, -0.05) is 148 Å². The standard InChI is InChI=1S/C29H57NO/c1-5-6-7-8-9-10-11-12-13-14-15-16-17-18-19-20-21-22-23-24-25-26-27-30(4)29(31)28(2)3/h2,5-27H2,1,3-4H3. The van der Waals surface area contributed by atoms with Gasteiger partial charge < -0.3 is 4.90 Å². The van der Waals surface area contributed by atoms with E-state index in [0.717, 1.165) is 13.0 Å². The molecule has 0 N–H and O–H groups in total. The molecular formula is C29H57NO. The van der Waals surface area contributed by atoms with E-state index in [9.17, 15) is 4.79 Å². The SMILES string of the molecule is C=C(C)C(=O)N(C)CCCCCCCCCCCCCCCCCCCCCCCC. The molecule has 2 heteroatoms. The Morgan fingerprint density at radius 2 is 0.806 bits per heavy atom. The Balaban J connectivity index is 3.13. The van der Waals surface area contributed by atoms with Gasteiger partial charge in [0.1, 0.15) is 0 Å². The molecule has 0 aliphatic carbocycles. The summed E-state index contributed by atoms with van der Waals surface area (Å²) in [5.74, 6) is 0.0866. The minimum Gasteiger partial charge on any atom is -0.342 e. The van der Waals surface area contributed by atoms with Crippen LogP contribution in [-0.2, 0) is 4.79 Å². The molecule has 0 aromatic rings. The molecule has 0 aliphatic heterocycles. The van der Waals surface area contributed by atoms with E-state index in [2.05, 4.69) is 13.5 Å². The van der Waals surface area contributed by atoms with Crippen LogP contribution in [0.3, 0.4) is 0 Å². The molecule has 2 nitrogen and oxygen atoms in total. The Kier molecular flexibility index (Phi) is 23.3. The molecule has 0 aromatic heterocycles. The maximum absolute atomic E-state index is 11.7. The van der Waals surface area contributed by atoms with Gasteiger partial charge in [-0.05, 0) is 13.3 Å². The van der Waals surface area contributed by atoms with E-state index in [1.807, 2.05) is 7.05 Å². The predicted molar refractivity (Wildman–Crippen MR) is 140 cm³/mol. The molecule has 0 saturated carbocycles. The molecule has 0 radical (unpaired) electrons. The average Bonchev–Trinajstić information content (AvgIpc) is 2.76. The van der Waals surface area contributed by atoms with E-state index in [4.69, 9.17) is 0 Å². The van der Waals surface area contributed by atoms with Crippen molar-refractivity contribution in [3.63, 3.8) is 0 Å². The van der Waals surface area contributed by atoms with Gasteiger partial charge >= 0.3 is 0 Å². The quantitative estimate of drug-likeness (QED) is 0.109. The molecular weight excluding hydrogens is 378 g/mol. The molecule has 0 aliphatic rings. The summed E-state index contributed by atoms with van der Waals surface area (Å²) >= 11 is 0. The summed E-state index contributed by atoms with van der Waals surface area (Å²) in [5.41, 5.74) is 0.640. The zero-order valence-corrected chi connectivity index (χ0v) is 21.8. The van der Waals surface area contributed by atoms with Gasteiger partial charge in [-0.25, -0.2) is 0 Å². The van der Waals surface area contributed by atoms with Crippen LogP contribution in [0.1, 0.15) is 155 Å². The van der Waals surface area contributed by atoms with Crippen molar-refractivity contribution in [3.05, 3.63) is 12.2 Å². The average molecular weight is 436 g/mol. The summed E-state index contributed by atoms with van der Waals surface area (Å²) in [4.78, 5) is 13.5. The Morgan fingerprint density at radius 3 is 1.06 bits per heavy atom. The molecule has 31 heavy (non-hydrogen) atoms. The van der Waals surface area contributed by atoms with E-state index in [-0.39, 0.29) is 5.91 Å². The third kappa shape index (κ3) is 22.2. The van der Waals surface area contributed by atoms with E-state index in [1.165, 1.54) is 135 Å². The molecule has 0 fully saturated rings. The van der Waals surface area contributed by atoms with Crippen LogP contribution in [-0.4, -0.2) is 24.4 Å².